The molecule has 1 aromatic rings. The van der Waals surface area contributed by atoms with Gasteiger partial charge in [-0.05, 0) is 19.1 Å². The molecule has 3 N–H and O–H groups in total. The van der Waals surface area contributed by atoms with E-state index in [9.17, 15) is 9.90 Å². The molecule has 1 amide bonds. The van der Waals surface area contributed by atoms with Crippen LogP contribution < -0.4 is 5.43 Å². The molecule has 0 unspecified atom stereocenters. The summed E-state index contributed by atoms with van der Waals surface area (Å²) in [7, 11) is 0. The monoisotopic (exact) mass is 252 g/mol. The van der Waals surface area contributed by atoms with Crippen molar-refractivity contribution in [2.24, 2.45) is 5.10 Å². The molecule has 0 aliphatic heterocycles. The highest BCUT2D eigenvalue weighted by atomic mass is 16.5. The van der Waals surface area contributed by atoms with Crippen LogP contribution in [0.1, 0.15) is 18.9 Å². The molecule has 0 fully saturated rings. The summed E-state index contributed by atoms with van der Waals surface area (Å²) >= 11 is 0. The van der Waals surface area contributed by atoms with Gasteiger partial charge in [0.2, 0.25) is 5.91 Å². The Morgan fingerprint density at radius 2 is 2.28 bits per heavy atom. The summed E-state index contributed by atoms with van der Waals surface area (Å²) in [6.45, 7) is 2.77. The number of nitrogens with zero attached hydrogens (tertiary/aromatic N) is 1. The van der Waals surface area contributed by atoms with Crippen molar-refractivity contribution in [3.63, 3.8) is 0 Å². The van der Waals surface area contributed by atoms with Gasteiger partial charge >= 0.3 is 0 Å². The van der Waals surface area contributed by atoms with Gasteiger partial charge in [-0.3, -0.25) is 4.79 Å². The fourth-order valence-corrected chi connectivity index (χ4v) is 1.18. The van der Waals surface area contributed by atoms with Gasteiger partial charge in [-0.15, -0.1) is 0 Å². The maximum absolute atomic E-state index is 11.2. The zero-order chi connectivity index (χ0) is 13.4. The lowest BCUT2D eigenvalue weighted by atomic mass is 10.2. The molecule has 0 spiro atoms. The first-order valence-electron chi connectivity index (χ1n) is 5.55. The maximum Gasteiger partial charge on any atom is 0.242 e. The average molecular weight is 252 g/mol. The molecule has 6 heteroatoms. The third-order valence-electron chi connectivity index (χ3n) is 2.08. The Hall–Kier alpha value is -2.08. The highest BCUT2D eigenvalue weighted by Crippen LogP contribution is 2.20. The van der Waals surface area contributed by atoms with Crippen molar-refractivity contribution < 1.29 is 19.7 Å². The molecule has 98 valence electrons. The molecule has 0 atom stereocenters. The van der Waals surface area contributed by atoms with Crippen LogP contribution in [0.25, 0.3) is 0 Å². The fourth-order valence-electron chi connectivity index (χ4n) is 1.18. The highest BCUT2D eigenvalue weighted by Gasteiger charge is 2.00. The number of carbonyl (C=O) groups excluding carboxylic acids is 1. The van der Waals surface area contributed by atoms with Crippen molar-refractivity contribution in [3.05, 3.63) is 23.8 Å². The number of hydrazone groups is 1. The van der Waals surface area contributed by atoms with Crippen molar-refractivity contribution in [2.75, 3.05) is 13.2 Å². The van der Waals surface area contributed by atoms with Crippen molar-refractivity contribution in [2.45, 2.75) is 13.3 Å². The summed E-state index contributed by atoms with van der Waals surface area (Å²) < 4.78 is 5.02. The number of nitrogens with one attached hydrogen (secondary N) is 1. The molecule has 0 saturated carbocycles. The number of carbonyl (C=O) groups is 1. The number of aromatic hydroxyl groups is 2. The molecule has 0 saturated heterocycles. The Morgan fingerprint density at radius 3 is 2.94 bits per heavy atom. The van der Waals surface area contributed by atoms with E-state index in [1.54, 1.807) is 0 Å². The summed E-state index contributed by atoms with van der Waals surface area (Å²) in [5, 5.41) is 22.2. The number of rotatable bonds is 6. The zero-order valence-electron chi connectivity index (χ0n) is 10.1. The van der Waals surface area contributed by atoms with Gasteiger partial charge in [0.1, 0.15) is 11.5 Å². The molecule has 0 heterocycles. The molecule has 18 heavy (non-hydrogen) atoms. The van der Waals surface area contributed by atoms with E-state index in [1.807, 2.05) is 6.92 Å². The van der Waals surface area contributed by atoms with Gasteiger partial charge in [0, 0.05) is 18.2 Å². The van der Waals surface area contributed by atoms with Gasteiger partial charge in [0.05, 0.1) is 19.2 Å². The third kappa shape index (κ3) is 4.84. The first kappa shape index (κ1) is 14.0. The topological polar surface area (TPSA) is 91.2 Å². The Labute approximate surface area is 105 Å². The van der Waals surface area contributed by atoms with Crippen LogP contribution in [0.4, 0.5) is 0 Å². The van der Waals surface area contributed by atoms with Crippen LogP contribution in [-0.2, 0) is 9.53 Å². The van der Waals surface area contributed by atoms with Crippen LogP contribution in [0.5, 0.6) is 11.5 Å². The van der Waals surface area contributed by atoms with Crippen molar-refractivity contribution in [1.82, 2.24) is 5.43 Å². The molecular weight excluding hydrogens is 236 g/mol. The highest BCUT2D eigenvalue weighted by molar-refractivity contribution is 5.85. The van der Waals surface area contributed by atoms with Gasteiger partial charge < -0.3 is 14.9 Å². The SMILES string of the molecule is CCOCCC(=O)N/N=C/c1ccc(O)cc1O. The Balaban J connectivity index is 2.42. The predicted octanol–water partition coefficient (Wildman–Crippen LogP) is 0.974. The Bertz CT molecular complexity index is 432. The second kappa shape index (κ2) is 7.29. The third-order valence-corrected chi connectivity index (χ3v) is 2.08. The zero-order valence-corrected chi connectivity index (χ0v) is 10.1. The smallest absolute Gasteiger partial charge is 0.242 e. The minimum Gasteiger partial charge on any atom is -0.508 e. The van der Waals surface area contributed by atoms with E-state index in [1.165, 1.54) is 24.4 Å². The second-order valence-corrected chi connectivity index (χ2v) is 3.48. The molecule has 0 aliphatic rings. The number of hydrogen-bond acceptors (Lipinski definition) is 5. The van der Waals surface area contributed by atoms with Crippen LogP contribution in [0.2, 0.25) is 0 Å². The van der Waals surface area contributed by atoms with E-state index in [-0.39, 0.29) is 23.8 Å². The van der Waals surface area contributed by atoms with Crippen LogP contribution in [0.3, 0.4) is 0 Å². The van der Waals surface area contributed by atoms with Crippen molar-refractivity contribution in [3.8, 4) is 11.5 Å². The summed E-state index contributed by atoms with van der Waals surface area (Å²) in [5.41, 5.74) is 2.71. The number of phenolic OH excluding ortho intramolecular Hbond substituents is 2. The molecule has 0 aliphatic carbocycles. The van der Waals surface area contributed by atoms with E-state index >= 15 is 0 Å². The number of hydrogen-bond donors (Lipinski definition) is 3. The molecule has 0 bridgehead atoms. The standard InChI is InChI=1S/C12H16N2O4/c1-2-18-6-5-12(17)14-13-8-9-3-4-10(15)7-11(9)16/h3-4,7-8,15-16H,2,5-6H2,1H3,(H,14,17)/b13-8+. The van der Waals surface area contributed by atoms with E-state index in [4.69, 9.17) is 9.84 Å². The van der Waals surface area contributed by atoms with Gasteiger partial charge in [0.15, 0.2) is 0 Å². The molecular formula is C12H16N2O4. The minimum absolute atomic E-state index is 0.0367. The summed E-state index contributed by atoms with van der Waals surface area (Å²) in [6, 6.07) is 4.09. The summed E-state index contributed by atoms with van der Waals surface area (Å²) in [4.78, 5) is 11.2. The molecule has 6 nitrogen and oxygen atoms in total. The lowest BCUT2D eigenvalue weighted by Gasteiger charge is -2.01. The number of amides is 1. The van der Waals surface area contributed by atoms with Crippen molar-refractivity contribution in [1.29, 1.82) is 0 Å². The van der Waals surface area contributed by atoms with Crippen molar-refractivity contribution >= 4 is 12.1 Å². The lowest BCUT2D eigenvalue weighted by molar-refractivity contribution is -0.122. The van der Waals surface area contributed by atoms with Gasteiger partial charge in [-0.1, -0.05) is 0 Å². The first-order chi connectivity index (χ1) is 8.63. The summed E-state index contributed by atoms with van der Waals surface area (Å²) in [5.74, 6) is -0.411. The first-order valence-corrected chi connectivity index (χ1v) is 5.55. The largest absolute Gasteiger partial charge is 0.508 e. The summed E-state index contributed by atoms with van der Waals surface area (Å²) in [6.07, 6.45) is 1.53. The number of benzene rings is 1. The fraction of sp³-hybridized carbons (Fsp3) is 0.333. The van der Waals surface area contributed by atoms with Crippen LogP contribution in [-0.4, -0.2) is 35.5 Å². The molecule has 0 aromatic heterocycles. The van der Waals surface area contributed by atoms with Gasteiger partial charge in [-0.25, -0.2) is 5.43 Å². The van der Waals surface area contributed by atoms with Gasteiger partial charge in [-0.2, -0.15) is 5.10 Å². The van der Waals surface area contributed by atoms with Crippen LogP contribution >= 0.6 is 0 Å². The second-order valence-electron chi connectivity index (χ2n) is 3.48. The Kier molecular flexibility index (Phi) is 5.66. The minimum atomic E-state index is -0.266. The van der Waals surface area contributed by atoms with E-state index in [0.29, 0.717) is 18.8 Å². The van der Waals surface area contributed by atoms with E-state index < -0.39 is 0 Å². The van der Waals surface area contributed by atoms with Crippen LogP contribution in [0, 0.1) is 0 Å². The lowest BCUT2D eigenvalue weighted by Crippen LogP contribution is -2.19. The number of phenols is 2. The van der Waals surface area contributed by atoms with E-state index in [2.05, 4.69) is 10.5 Å². The van der Waals surface area contributed by atoms with E-state index in [0.717, 1.165) is 0 Å². The predicted molar refractivity (Wildman–Crippen MR) is 66.6 cm³/mol. The van der Waals surface area contributed by atoms with Crippen LogP contribution in [0.15, 0.2) is 23.3 Å². The number of ether oxygens (including phenoxy) is 1. The molecule has 1 rings (SSSR count). The quantitative estimate of drug-likeness (QED) is 0.400. The average Bonchev–Trinajstić information content (AvgIpc) is 2.32. The van der Waals surface area contributed by atoms with Gasteiger partial charge in [0.25, 0.3) is 0 Å². The molecule has 0 radical (unpaired) electrons. The maximum atomic E-state index is 11.2. The Morgan fingerprint density at radius 1 is 1.50 bits per heavy atom. The molecule has 1 aromatic carbocycles. The normalized spacial score (nSPS) is 10.7.